The molecule has 2 heterocycles. The number of hydrogen-bond donors (Lipinski definition) is 1. The van der Waals surface area contributed by atoms with Gasteiger partial charge in [-0.1, -0.05) is 18.2 Å². The molecule has 1 aromatic rings. The van der Waals surface area contributed by atoms with Crippen LogP contribution in [0.25, 0.3) is 0 Å². The van der Waals surface area contributed by atoms with Crippen LogP contribution in [0.15, 0.2) is 34.5 Å². The van der Waals surface area contributed by atoms with E-state index in [4.69, 9.17) is 0 Å². The van der Waals surface area contributed by atoms with Crippen molar-refractivity contribution >= 4 is 17.7 Å². The molecule has 0 aliphatic carbocycles. The van der Waals surface area contributed by atoms with Gasteiger partial charge in [0.25, 0.3) is 5.91 Å². The number of carbonyl (C=O) groups excluding carboxylic acids is 3. The van der Waals surface area contributed by atoms with Gasteiger partial charge in [0.1, 0.15) is 6.04 Å². The summed E-state index contributed by atoms with van der Waals surface area (Å²) in [4.78, 5) is 37.4. The van der Waals surface area contributed by atoms with Crippen molar-refractivity contribution in [3.8, 4) is 0 Å². The summed E-state index contributed by atoms with van der Waals surface area (Å²) in [6.45, 7) is 1.41. The molecule has 0 spiro atoms. The molecule has 1 aromatic carbocycles. The lowest BCUT2D eigenvalue weighted by Gasteiger charge is -2.26. The Labute approximate surface area is 133 Å². The van der Waals surface area contributed by atoms with Gasteiger partial charge in [0.2, 0.25) is 0 Å². The highest BCUT2D eigenvalue weighted by molar-refractivity contribution is 6.35. The van der Waals surface area contributed by atoms with Crippen LogP contribution in [-0.4, -0.2) is 42.3 Å². The summed E-state index contributed by atoms with van der Waals surface area (Å²) < 4.78 is 0. The second-order valence-electron chi connectivity index (χ2n) is 5.69. The van der Waals surface area contributed by atoms with Crippen LogP contribution >= 0.6 is 0 Å². The fourth-order valence-electron chi connectivity index (χ4n) is 2.88. The summed E-state index contributed by atoms with van der Waals surface area (Å²) in [5.74, 6) is -1.51. The predicted molar refractivity (Wildman–Crippen MR) is 81.8 cm³/mol. The van der Waals surface area contributed by atoms with Crippen LogP contribution in [0.3, 0.4) is 0 Å². The molecule has 1 N–H and O–H groups in total. The van der Waals surface area contributed by atoms with Crippen molar-refractivity contribution in [2.24, 2.45) is 10.2 Å². The number of carbonyl (C=O) groups is 3. The van der Waals surface area contributed by atoms with E-state index in [0.717, 1.165) is 24.8 Å². The Kier molecular flexibility index (Phi) is 4.45. The summed E-state index contributed by atoms with van der Waals surface area (Å²) in [5, 5.41) is 10.1. The van der Waals surface area contributed by atoms with Crippen molar-refractivity contribution in [1.82, 2.24) is 10.2 Å². The minimum atomic E-state index is -0.628. The van der Waals surface area contributed by atoms with Gasteiger partial charge in [0.05, 0.1) is 0 Å². The first kappa shape index (κ1) is 15.3. The molecule has 2 aliphatic heterocycles. The zero-order valence-corrected chi connectivity index (χ0v) is 12.7. The second kappa shape index (κ2) is 6.68. The van der Waals surface area contributed by atoms with E-state index < -0.39 is 17.9 Å². The molecule has 0 radical (unpaired) electrons. The number of amides is 3. The Bertz CT molecular complexity index is 665. The molecule has 120 valence electrons. The van der Waals surface area contributed by atoms with Gasteiger partial charge < -0.3 is 10.2 Å². The average molecular weight is 314 g/mol. The molecule has 1 saturated heterocycles. The molecule has 3 rings (SSSR count). The summed E-state index contributed by atoms with van der Waals surface area (Å²) in [7, 11) is 0. The molecule has 0 aromatic heterocycles. The van der Waals surface area contributed by atoms with E-state index in [1.165, 1.54) is 0 Å². The van der Waals surface area contributed by atoms with E-state index in [1.54, 1.807) is 29.2 Å². The Morgan fingerprint density at radius 2 is 1.91 bits per heavy atom. The fourth-order valence-corrected chi connectivity index (χ4v) is 2.88. The first-order chi connectivity index (χ1) is 11.2. The van der Waals surface area contributed by atoms with Crippen LogP contribution in [0.1, 0.15) is 41.2 Å². The van der Waals surface area contributed by atoms with Gasteiger partial charge in [-0.15, -0.1) is 5.11 Å². The normalized spacial score (nSPS) is 20.1. The molecule has 1 atom stereocenters. The predicted octanol–water partition coefficient (Wildman–Crippen LogP) is 1.46. The van der Waals surface area contributed by atoms with Crippen molar-refractivity contribution in [1.29, 1.82) is 0 Å². The molecule has 2 aliphatic rings. The Balaban J connectivity index is 1.62. The van der Waals surface area contributed by atoms with E-state index in [9.17, 15) is 14.4 Å². The number of benzene rings is 1. The van der Waals surface area contributed by atoms with Crippen LogP contribution in [0, 0.1) is 0 Å². The molecule has 0 bridgehead atoms. The Morgan fingerprint density at radius 3 is 2.70 bits per heavy atom. The van der Waals surface area contributed by atoms with Crippen LogP contribution in [0.4, 0.5) is 0 Å². The third kappa shape index (κ3) is 3.28. The third-order valence-corrected chi connectivity index (χ3v) is 4.13. The fraction of sp³-hybridized carbons (Fsp3) is 0.438. The van der Waals surface area contributed by atoms with Crippen LogP contribution < -0.4 is 5.32 Å². The molecule has 7 heteroatoms. The number of hydrogen-bond acceptors (Lipinski definition) is 4. The van der Waals surface area contributed by atoms with Crippen molar-refractivity contribution < 1.29 is 14.4 Å². The molecule has 23 heavy (non-hydrogen) atoms. The van der Waals surface area contributed by atoms with E-state index >= 15 is 0 Å². The maximum Gasteiger partial charge on any atom is 0.311 e. The van der Waals surface area contributed by atoms with Crippen molar-refractivity contribution in [3.63, 3.8) is 0 Å². The molecule has 1 fully saturated rings. The zero-order chi connectivity index (χ0) is 16.2. The largest absolute Gasteiger partial charge is 0.345 e. The minimum Gasteiger partial charge on any atom is -0.345 e. The maximum absolute atomic E-state index is 12.1. The van der Waals surface area contributed by atoms with Gasteiger partial charge in [-0.25, -0.2) is 0 Å². The molecular weight excluding hydrogens is 296 g/mol. The number of nitrogens with one attached hydrogen (secondary N) is 1. The molecule has 1 unspecified atom stereocenters. The first-order valence-corrected chi connectivity index (χ1v) is 7.78. The molecule has 7 nitrogen and oxygen atoms in total. The number of nitrogens with zero attached hydrogens (tertiary/aromatic N) is 3. The van der Waals surface area contributed by atoms with Gasteiger partial charge in [-0.05, 0) is 30.9 Å². The van der Waals surface area contributed by atoms with Crippen LogP contribution in [-0.2, 0) is 9.59 Å². The highest BCUT2D eigenvalue weighted by Gasteiger charge is 2.27. The second-order valence-corrected chi connectivity index (χ2v) is 5.69. The van der Waals surface area contributed by atoms with E-state index in [2.05, 4.69) is 15.5 Å². The summed E-state index contributed by atoms with van der Waals surface area (Å²) >= 11 is 0. The molecular formula is C16H18N4O3. The smallest absolute Gasteiger partial charge is 0.311 e. The van der Waals surface area contributed by atoms with Gasteiger partial charge in [0.15, 0.2) is 0 Å². The molecule has 3 amide bonds. The minimum absolute atomic E-state index is 0.145. The SMILES string of the molecule is O=C(NCC1N=NC(=O)c2ccccc21)C(=O)N1CCCCC1. The van der Waals surface area contributed by atoms with E-state index in [0.29, 0.717) is 18.7 Å². The Morgan fingerprint density at radius 1 is 1.17 bits per heavy atom. The number of likely N-dealkylation sites (tertiary alicyclic amines) is 1. The number of rotatable bonds is 2. The van der Waals surface area contributed by atoms with Crippen molar-refractivity contribution in [2.45, 2.75) is 25.3 Å². The van der Waals surface area contributed by atoms with E-state index in [-0.39, 0.29) is 12.5 Å². The number of piperidine rings is 1. The monoisotopic (exact) mass is 314 g/mol. The summed E-state index contributed by atoms with van der Waals surface area (Å²) in [5.41, 5.74) is 1.21. The number of azo groups is 1. The lowest BCUT2D eigenvalue weighted by atomic mass is 9.99. The lowest BCUT2D eigenvalue weighted by Crippen LogP contribution is -2.46. The van der Waals surface area contributed by atoms with Gasteiger partial charge >= 0.3 is 11.8 Å². The van der Waals surface area contributed by atoms with Gasteiger partial charge in [-0.3, -0.25) is 14.4 Å². The third-order valence-electron chi connectivity index (χ3n) is 4.13. The van der Waals surface area contributed by atoms with Crippen molar-refractivity contribution in [2.75, 3.05) is 19.6 Å². The van der Waals surface area contributed by atoms with Crippen LogP contribution in [0.5, 0.6) is 0 Å². The average Bonchev–Trinajstić information content (AvgIpc) is 2.61. The summed E-state index contributed by atoms with van der Waals surface area (Å²) in [6.07, 6.45) is 2.97. The topological polar surface area (TPSA) is 91.2 Å². The van der Waals surface area contributed by atoms with Gasteiger partial charge in [-0.2, -0.15) is 5.11 Å². The number of fused-ring (bicyclic) bond motifs is 1. The first-order valence-electron chi connectivity index (χ1n) is 7.78. The molecule has 0 saturated carbocycles. The van der Waals surface area contributed by atoms with Gasteiger partial charge in [0, 0.05) is 25.2 Å². The lowest BCUT2D eigenvalue weighted by molar-refractivity contribution is -0.146. The highest BCUT2D eigenvalue weighted by atomic mass is 16.2. The Hall–Kier alpha value is -2.57. The quantitative estimate of drug-likeness (QED) is 0.838. The standard InChI is InChI=1S/C16H18N4O3/c21-14-12-7-3-2-6-11(12)13(18-19-14)10-17-15(22)16(23)20-8-4-1-5-9-20/h2-3,6-7,13H,1,4-5,8-10H2,(H,17,22). The maximum atomic E-state index is 12.1. The zero-order valence-electron chi connectivity index (χ0n) is 12.7. The highest BCUT2D eigenvalue weighted by Crippen LogP contribution is 2.26. The van der Waals surface area contributed by atoms with E-state index in [1.807, 2.05) is 0 Å². The van der Waals surface area contributed by atoms with Crippen molar-refractivity contribution in [3.05, 3.63) is 35.4 Å². The summed E-state index contributed by atoms with van der Waals surface area (Å²) in [6, 6.07) is 6.59. The van der Waals surface area contributed by atoms with Crippen LogP contribution in [0.2, 0.25) is 0 Å².